The lowest BCUT2D eigenvalue weighted by molar-refractivity contribution is 0.960. The molecular weight excluding hydrogens is 288 g/mol. The van der Waals surface area contributed by atoms with Crippen LogP contribution in [-0.4, -0.2) is 9.38 Å². The number of hydrogen-bond donors (Lipinski definition) is 0. The largest absolute Gasteiger partial charge is 0.302 e. The minimum atomic E-state index is 0.852. The lowest BCUT2D eigenvalue weighted by atomic mass is 10.1. The summed E-state index contributed by atoms with van der Waals surface area (Å²) < 4.78 is 3.21. The highest BCUT2D eigenvalue weighted by Crippen LogP contribution is 2.19. The Balaban J connectivity index is 2.00. The van der Waals surface area contributed by atoms with Gasteiger partial charge in [0.15, 0.2) is 0 Å². The standard InChI is InChI=1S/C15H13BrN2/c1-11-4-6-12(7-5-11)9-15-17-10-14-13(16)3-2-8-18(14)15/h2-8,10H,9H2,1H3. The molecule has 0 saturated carbocycles. The van der Waals surface area contributed by atoms with Crippen molar-refractivity contribution in [1.29, 1.82) is 0 Å². The molecule has 3 aromatic rings. The molecular formula is C15H13BrN2. The summed E-state index contributed by atoms with van der Waals surface area (Å²) in [5.41, 5.74) is 3.68. The van der Waals surface area contributed by atoms with Crippen molar-refractivity contribution in [2.24, 2.45) is 0 Å². The first-order chi connectivity index (χ1) is 8.74. The van der Waals surface area contributed by atoms with Gasteiger partial charge >= 0.3 is 0 Å². The molecule has 2 heterocycles. The van der Waals surface area contributed by atoms with Gasteiger partial charge in [-0.25, -0.2) is 4.98 Å². The molecule has 0 unspecified atom stereocenters. The number of rotatable bonds is 2. The summed E-state index contributed by atoms with van der Waals surface area (Å²) in [7, 11) is 0. The summed E-state index contributed by atoms with van der Waals surface area (Å²) >= 11 is 3.54. The van der Waals surface area contributed by atoms with E-state index in [1.54, 1.807) is 0 Å². The SMILES string of the molecule is Cc1ccc(Cc2ncc3c(Br)cccn23)cc1. The Hall–Kier alpha value is -1.61. The Labute approximate surface area is 114 Å². The highest BCUT2D eigenvalue weighted by Gasteiger charge is 2.06. The molecule has 0 spiro atoms. The van der Waals surface area contributed by atoms with Gasteiger partial charge < -0.3 is 4.40 Å². The van der Waals surface area contributed by atoms with Gasteiger partial charge in [-0.3, -0.25) is 0 Å². The molecule has 0 bridgehead atoms. The second-order valence-electron chi connectivity index (χ2n) is 4.45. The summed E-state index contributed by atoms with van der Waals surface area (Å²) in [6.45, 7) is 2.10. The highest BCUT2D eigenvalue weighted by molar-refractivity contribution is 9.10. The van der Waals surface area contributed by atoms with Crippen LogP contribution < -0.4 is 0 Å². The molecule has 2 nitrogen and oxygen atoms in total. The van der Waals surface area contributed by atoms with Crippen LogP contribution in [0, 0.1) is 6.92 Å². The van der Waals surface area contributed by atoms with Gasteiger partial charge in [0.25, 0.3) is 0 Å². The van der Waals surface area contributed by atoms with Crippen molar-refractivity contribution in [2.45, 2.75) is 13.3 Å². The van der Waals surface area contributed by atoms with Crippen LogP contribution in [0.15, 0.2) is 53.3 Å². The minimum Gasteiger partial charge on any atom is -0.302 e. The van der Waals surface area contributed by atoms with Crippen LogP contribution in [0.1, 0.15) is 17.0 Å². The second kappa shape index (κ2) is 4.58. The van der Waals surface area contributed by atoms with Crippen molar-refractivity contribution in [1.82, 2.24) is 9.38 Å². The maximum absolute atomic E-state index is 4.51. The summed E-state index contributed by atoms with van der Waals surface area (Å²) in [5, 5.41) is 0. The molecule has 0 aliphatic rings. The van der Waals surface area contributed by atoms with Crippen LogP contribution in [0.5, 0.6) is 0 Å². The predicted octanol–water partition coefficient (Wildman–Crippen LogP) is 4.00. The van der Waals surface area contributed by atoms with Crippen LogP contribution in [-0.2, 0) is 6.42 Å². The van der Waals surface area contributed by atoms with Crippen molar-refractivity contribution in [2.75, 3.05) is 0 Å². The Kier molecular flexibility index (Phi) is 2.92. The van der Waals surface area contributed by atoms with E-state index in [0.717, 1.165) is 22.2 Å². The maximum Gasteiger partial charge on any atom is 0.117 e. The molecule has 90 valence electrons. The van der Waals surface area contributed by atoms with Gasteiger partial charge in [0.1, 0.15) is 5.82 Å². The van der Waals surface area contributed by atoms with Gasteiger partial charge in [-0.05, 0) is 40.5 Å². The van der Waals surface area contributed by atoms with Crippen molar-refractivity contribution in [3.05, 3.63) is 70.2 Å². The van der Waals surface area contributed by atoms with E-state index < -0.39 is 0 Å². The average Bonchev–Trinajstić information content (AvgIpc) is 2.77. The van der Waals surface area contributed by atoms with E-state index in [1.165, 1.54) is 11.1 Å². The smallest absolute Gasteiger partial charge is 0.117 e. The molecule has 0 fully saturated rings. The zero-order chi connectivity index (χ0) is 12.5. The third kappa shape index (κ3) is 2.06. The first kappa shape index (κ1) is 11.5. The highest BCUT2D eigenvalue weighted by atomic mass is 79.9. The van der Waals surface area contributed by atoms with Gasteiger partial charge in [0.05, 0.1) is 11.7 Å². The summed E-state index contributed by atoms with van der Waals surface area (Å²) in [6.07, 6.45) is 4.81. The van der Waals surface area contributed by atoms with E-state index in [9.17, 15) is 0 Å². The van der Waals surface area contributed by atoms with Crippen LogP contribution in [0.4, 0.5) is 0 Å². The van der Waals surface area contributed by atoms with Crippen LogP contribution >= 0.6 is 15.9 Å². The summed E-state index contributed by atoms with van der Waals surface area (Å²) in [5.74, 6) is 1.06. The summed E-state index contributed by atoms with van der Waals surface area (Å²) in [6, 6.07) is 12.7. The summed E-state index contributed by atoms with van der Waals surface area (Å²) in [4.78, 5) is 4.51. The van der Waals surface area contributed by atoms with E-state index in [4.69, 9.17) is 0 Å². The number of hydrogen-bond acceptors (Lipinski definition) is 1. The number of benzene rings is 1. The van der Waals surface area contributed by atoms with E-state index >= 15 is 0 Å². The van der Waals surface area contributed by atoms with Gasteiger partial charge in [-0.15, -0.1) is 0 Å². The topological polar surface area (TPSA) is 17.3 Å². The normalized spacial score (nSPS) is 11.0. The molecule has 1 aromatic carbocycles. The Bertz CT molecular complexity index is 683. The van der Waals surface area contributed by atoms with Crippen LogP contribution in [0.3, 0.4) is 0 Å². The molecule has 18 heavy (non-hydrogen) atoms. The monoisotopic (exact) mass is 300 g/mol. The van der Waals surface area contributed by atoms with Crippen LogP contribution in [0.2, 0.25) is 0 Å². The van der Waals surface area contributed by atoms with Crippen molar-refractivity contribution in [3.8, 4) is 0 Å². The molecule has 0 aliphatic heterocycles. The zero-order valence-electron chi connectivity index (χ0n) is 10.1. The third-order valence-corrected chi connectivity index (χ3v) is 3.75. The number of aryl methyl sites for hydroxylation is 1. The third-order valence-electron chi connectivity index (χ3n) is 3.08. The molecule has 3 heteroatoms. The number of imidazole rings is 1. The van der Waals surface area contributed by atoms with Crippen LogP contribution in [0.25, 0.3) is 5.52 Å². The second-order valence-corrected chi connectivity index (χ2v) is 5.30. The number of aromatic nitrogens is 2. The van der Waals surface area contributed by atoms with Crippen molar-refractivity contribution in [3.63, 3.8) is 0 Å². The Morgan fingerprint density at radius 3 is 2.72 bits per heavy atom. The van der Waals surface area contributed by atoms with Gasteiger partial charge in [0.2, 0.25) is 0 Å². The van der Waals surface area contributed by atoms with Gasteiger partial charge in [-0.2, -0.15) is 0 Å². The van der Waals surface area contributed by atoms with E-state index in [1.807, 2.05) is 18.3 Å². The maximum atomic E-state index is 4.51. The van der Waals surface area contributed by atoms with E-state index in [0.29, 0.717) is 0 Å². The zero-order valence-corrected chi connectivity index (χ0v) is 11.7. The van der Waals surface area contributed by atoms with Crippen molar-refractivity contribution >= 4 is 21.4 Å². The number of fused-ring (bicyclic) bond motifs is 1. The first-order valence-corrected chi connectivity index (χ1v) is 6.69. The number of nitrogens with zero attached hydrogens (tertiary/aromatic N) is 2. The molecule has 0 atom stereocenters. The lowest BCUT2D eigenvalue weighted by Gasteiger charge is -2.03. The number of halogens is 1. The van der Waals surface area contributed by atoms with Gasteiger partial charge in [-0.1, -0.05) is 29.8 Å². The fraction of sp³-hybridized carbons (Fsp3) is 0.133. The fourth-order valence-electron chi connectivity index (χ4n) is 2.06. The molecule has 0 amide bonds. The lowest BCUT2D eigenvalue weighted by Crippen LogP contribution is -1.96. The predicted molar refractivity (Wildman–Crippen MR) is 76.9 cm³/mol. The van der Waals surface area contributed by atoms with E-state index in [-0.39, 0.29) is 0 Å². The average molecular weight is 301 g/mol. The fourth-order valence-corrected chi connectivity index (χ4v) is 2.51. The Morgan fingerprint density at radius 2 is 1.94 bits per heavy atom. The van der Waals surface area contributed by atoms with E-state index in [2.05, 4.69) is 62.7 Å². The molecule has 3 rings (SSSR count). The molecule has 2 aromatic heterocycles. The quantitative estimate of drug-likeness (QED) is 0.699. The Morgan fingerprint density at radius 1 is 1.17 bits per heavy atom. The van der Waals surface area contributed by atoms with Gasteiger partial charge in [0, 0.05) is 17.1 Å². The van der Waals surface area contributed by atoms with Crippen molar-refractivity contribution < 1.29 is 0 Å². The number of pyridine rings is 1. The minimum absolute atomic E-state index is 0.852. The molecule has 0 radical (unpaired) electrons. The molecule has 0 aliphatic carbocycles. The first-order valence-electron chi connectivity index (χ1n) is 5.90. The molecule has 0 N–H and O–H groups in total. The molecule has 0 saturated heterocycles.